The van der Waals surface area contributed by atoms with Crippen LogP contribution in [0.5, 0.6) is 0 Å². The summed E-state index contributed by atoms with van der Waals surface area (Å²) in [7, 11) is 0. The Morgan fingerprint density at radius 1 is 1.71 bits per heavy atom. The molecular formula is C12H21N3O2. The van der Waals surface area contributed by atoms with E-state index >= 15 is 0 Å². The van der Waals surface area contributed by atoms with E-state index in [1.54, 1.807) is 10.9 Å². The smallest absolute Gasteiger partial charge is 0.0860 e. The zero-order valence-corrected chi connectivity index (χ0v) is 10.5. The lowest BCUT2D eigenvalue weighted by atomic mass is 9.94. The molecule has 2 rings (SSSR count). The number of hydrogen-bond acceptors (Lipinski definition) is 4. The average Bonchev–Trinajstić information content (AvgIpc) is 2.89. The highest BCUT2D eigenvalue weighted by Crippen LogP contribution is 2.24. The molecule has 3 unspecified atom stereocenters. The Morgan fingerprint density at radius 2 is 2.53 bits per heavy atom. The van der Waals surface area contributed by atoms with E-state index in [0.717, 1.165) is 13.0 Å². The van der Waals surface area contributed by atoms with Crippen molar-refractivity contribution in [3.63, 3.8) is 0 Å². The third kappa shape index (κ3) is 3.06. The Balaban J connectivity index is 1.78. The van der Waals surface area contributed by atoms with Crippen LogP contribution in [0.2, 0.25) is 0 Å². The molecule has 0 aliphatic carbocycles. The molecule has 1 aromatic heterocycles. The van der Waals surface area contributed by atoms with E-state index in [-0.39, 0.29) is 11.6 Å². The predicted octanol–water partition coefficient (Wildman–Crippen LogP) is 0.401. The number of nitrogens with zero attached hydrogens (tertiary/aromatic N) is 2. The monoisotopic (exact) mass is 239 g/mol. The third-order valence-electron chi connectivity index (χ3n) is 3.59. The summed E-state index contributed by atoms with van der Waals surface area (Å²) >= 11 is 0. The zero-order valence-electron chi connectivity index (χ0n) is 10.5. The van der Waals surface area contributed by atoms with E-state index < -0.39 is 6.10 Å². The first-order valence-corrected chi connectivity index (χ1v) is 6.12. The number of hydrogen-bond donors (Lipinski definition) is 2. The lowest BCUT2D eigenvalue weighted by Crippen LogP contribution is -2.50. The van der Waals surface area contributed by atoms with Gasteiger partial charge in [0, 0.05) is 31.1 Å². The minimum Gasteiger partial charge on any atom is -0.390 e. The van der Waals surface area contributed by atoms with E-state index in [0.29, 0.717) is 13.1 Å². The van der Waals surface area contributed by atoms with Crippen molar-refractivity contribution in [1.82, 2.24) is 15.1 Å². The molecular weight excluding hydrogens is 218 g/mol. The third-order valence-corrected chi connectivity index (χ3v) is 3.59. The lowest BCUT2D eigenvalue weighted by molar-refractivity contribution is 0.0770. The van der Waals surface area contributed by atoms with Gasteiger partial charge in [0.05, 0.1) is 18.8 Å². The number of ether oxygens (including phenoxy) is 1. The summed E-state index contributed by atoms with van der Waals surface area (Å²) in [5, 5.41) is 17.4. The average molecular weight is 239 g/mol. The molecule has 0 radical (unpaired) electrons. The largest absolute Gasteiger partial charge is 0.390 e. The summed E-state index contributed by atoms with van der Waals surface area (Å²) in [6.07, 6.45) is 4.32. The van der Waals surface area contributed by atoms with Gasteiger partial charge >= 0.3 is 0 Å². The topological polar surface area (TPSA) is 59.3 Å². The van der Waals surface area contributed by atoms with Gasteiger partial charge in [-0.3, -0.25) is 4.68 Å². The van der Waals surface area contributed by atoms with Gasteiger partial charge < -0.3 is 15.2 Å². The lowest BCUT2D eigenvalue weighted by Gasteiger charge is -2.30. The zero-order chi connectivity index (χ0) is 12.3. The molecule has 1 aliphatic heterocycles. The molecule has 0 amide bonds. The SMILES string of the molecule is CC1OCCC1(C)NCC(O)Cn1cccn1. The number of aliphatic hydroxyl groups is 1. The van der Waals surface area contributed by atoms with E-state index in [9.17, 15) is 5.11 Å². The Bertz CT molecular complexity index is 342. The molecule has 1 aliphatic rings. The van der Waals surface area contributed by atoms with Crippen LogP contribution in [0.3, 0.4) is 0 Å². The van der Waals surface area contributed by atoms with Crippen molar-refractivity contribution in [3.8, 4) is 0 Å². The first kappa shape index (κ1) is 12.5. The van der Waals surface area contributed by atoms with E-state index in [1.807, 2.05) is 12.3 Å². The highest BCUT2D eigenvalue weighted by molar-refractivity contribution is 4.94. The van der Waals surface area contributed by atoms with Crippen LogP contribution < -0.4 is 5.32 Å². The van der Waals surface area contributed by atoms with Crippen molar-refractivity contribution in [2.75, 3.05) is 13.2 Å². The normalized spacial score (nSPS) is 30.6. The fourth-order valence-electron chi connectivity index (χ4n) is 2.11. The minimum atomic E-state index is -0.431. The molecule has 96 valence electrons. The molecule has 5 nitrogen and oxygen atoms in total. The molecule has 1 aromatic rings. The van der Waals surface area contributed by atoms with Crippen molar-refractivity contribution in [3.05, 3.63) is 18.5 Å². The van der Waals surface area contributed by atoms with Crippen molar-refractivity contribution >= 4 is 0 Å². The van der Waals surface area contributed by atoms with Crippen LogP contribution in [0.25, 0.3) is 0 Å². The molecule has 3 atom stereocenters. The second kappa shape index (κ2) is 5.16. The fraction of sp³-hybridized carbons (Fsp3) is 0.750. The van der Waals surface area contributed by atoms with Gasteiger partial charge in [0.1, 0.15) is 0 Å². The van der Waals surface area contributed by atoms with Crippen molar-refractivity contribution in [2.24, 2.45) is 0 Å². The molecule has 0 bridgehead atoms. The van der Waals surface area contributed by atoms with Crippen LogP contribution >= 0.6 is 0 Å². The number of β-amino-alcohol motifs (C(OH)–C–C–N with tert-alkyl or cyclic N) is 1. The maximum atomic E-state index is 9.92. The van der Waals surface area contributed by atoms with Crippen LogP contribution in [0.4, 0.5) is 0 Å². The number of nitrogens with one attached hydrogen (secondary N) is 1. The molecule has 5 heteroatoms. The van der Waals surface area contributed by atoms with Gasteiger partial charge in [0.15, 0.2) is 0 Å². The van der Waals surface area contributed by atoms with Gasteiger partial charge in [-0.25, -0.2) is 0 Å². The maximum Gasteiger partial charge on any atom is 0.0860 e. The van der Waals surface area contributed by atoms with Gasteiger partial charge in [-0.2, -0.15) is 5.10 Å². The fourth-order valence-corrected chi connectivity index (χ4v) is 2.11. The summed E-state index contributed by atoms with van der Waals surface area (Å²) in [5.74, 6) is 0. The molecule has 1 fully saturated rings. The molecule has 17 heavy (non-hydrogen) atoms. The molecule has 0 saturated carbocycles. The van der Waals surface area contributed by atoms with Crippen LogP contribution in [-0.2, 0) is 11.3 Å². The summed E-state index contributed by atoms with van der Waals surface area (Å²) in [4.78, 5) is 0. The van der Waals surface area contributed by atoms with Gasteiger partial charge in [0.2, 0.25) is 0 Å². The van der Waals surface area contributed by atoms with E-state index in [1.165, 1.54) is 0 Å². The van der Waals surface area contributed by atoms with Gasteiger partial charge in [-0.05, 0) is 26.3 Å². The standard InChI is InChI=1S/C12H21N3O2/c1-10-12(2,4-7-17-10)13-8-11(16)9-15-6-3-5-14-15/h3,5-6,10-11,13,16H,4,7-9H2,1-2H3. The van der Waals surface area contributed by atoms with E-state index in [2.05, 4.69) is 24.3 Å². The van der Waals surface area contributed by atoms with Crippen molar-refractivity contribution < 1.29 is 9.84 Å². The maximum absolute atomic E-state index is 9.92. The summed E-state index contributed by atoms with van der Waals surface area (Å²) in [5.41, 5.74) is -0.0227. The summed E-state index contributed by atoms with van der Waals surface area (Å²) in [6, 6.07) is 1.86. The molecule has 0 aromatic carbocycles. The first-order chi connectivity index (χ1) is 8.10. The Morgan fingerprint density at radius 3 is 3.12 bits per heavy atom. The minimum absolute atomic E-state index is 0.0227. The first-order valence-electron chi connectivity index (χ1n) is 6.12. The highest BCUT2D eigenvalue weighted by Gasteiger charge is 2.36. The van der Waals surface area contributed by atoms with Crippen LogP contribution in [0.15, 0.2) is 18.5 Å². The van der Waals surface area contributed by atoms with Gasteiger partial charge in [0.25, 0.3) is 0 Å². The summed E-state index contributed by atoms with van der Waals surface area (Å²) in [6.45, 7) is 6.08. The van der Waals surface area contributed by atoms with Gasteiger partial charge in [-0.15, -0.1) is 0 Å². The Kier molecular flexibility index (Phi) is 3.81. The number of aromatic nitrogens is 2. The molecule has 1 saturated heterocycles. The second-order valence-corrected chi connectivity index (χ2v) is 4.94. The summed E-state index contributed by atoms with van der Waals surface area (Å²) < 4.78 is 7.28. The van der Waals surface area contributed by atoms with Crippen molar-refractivity contribution in [1.29, 1.82) is 0 Å². The van der Waals surface area contributed by atoms with Crippen LogP contribution in [-0.4, -0.2) is 45.8 Å². The Hall–Kier alpha value is -0.910. The van der Waals surface area contributed by atoms with Gasteiger partial charge in [-0.1, -0.05) is 0 Å². The molecule has 0 spiro atoms. The van der Waals surface area contributed by atoms with Crippen LogP contribution in [0, 0.1) is 0 Å². The second-order valence-electron chi connectivity index (χ2n) is 4.94. The quantitative estimate of drug-likeness (QED) is 0.781. The van der Waals surface area contributed by atoms with Crippen LogP contribution in [0.1, 0.15) is 20.3 Å². The number of rotatable bonds is 5. The number of aliphatic hydroxyl groups excluding tert-OH is 1. The molecule has 2 N–H and O–H groups in total. The Labute approximate surface area is 102 Å². The predicted molar refractivity (Wildman–Crippen MR) is 64.7 cm³/mol. The highest BCUT2D eigenvalue weighted by atomic mass is 16.5. The van der Waals surface area contributed by atoms with E-state index in [4.69, 9.17) is 4.74 Å². The van der Waals surface area contributed by atoms with Crippen molar-refractivity contribution in [2.45, 2.75) is 44.6 Å². The molecule has 2 heterocycles.